The van der Waals surface area contributed by atoms with Crippen molar-refractivity contribution in [2.24, 2.45) is 4.99 Å². The van der Waals surface area contributed by atoms with E-state index in [1.807, 2.05) is 13.2 Å². The smallest absolute Gasteiger partial charge is 0.191 e. The molecular weight excluding hydrogens is 465 g/mol. The summed E-state index contributed by atoms with van der Waals surface area (Å²) >= 11 is 0. The van der Waals surface area contributed by atoms with Gasteiger partial charge in [-0.05, 0) is 43.7 Å². The van der Waals surface area contributed by atoms with Gasteiger partial charge in [0, 0.05) is 46.0 Å². The van der Waals surface area contributed by atoms with Crippen molar-refractivity contribution in [3.8, 4) is 0 Å². The van der Waals surface area contributed by atoms with E-state index in [0.29, 0.717) is 6.10 Å². The van der Waals surface area contributed by atoms with Crippen LogP contribution in [0.5, 0.6) is 0 Å². The second-order valence-electron chi connectivity index (χ2n) is 7.56. The second-order valence-corrected chi connectivity index (χ2v) is 7.56. The number of pyridine rings is 1. The van der Waals surface area contributed by atoms with Gasteiger partial charge in [0.25, 0.3) is 0 Å². The number of guanidine groups is 1. The molecule has 1 aliphatic carbocycles. The summed E-state index contributed by atoms with van der Waals surface area (Å²) in [6, 6.07) is 4.28. The molecule has 6 nitrogen and oxygen atoms in total. The number of hydrogen-bond donors (Lipinski definition) is 2. The molecule has 0 spiro atoms. The largest absolute Gasteiger partial charge is 0.378 e. The number of aliphatic imine (C=N–C) groups is 1. The van der Waals surface area contributed by atoms with Gasteiger partial charge in [0.15, 0.2) is 5.96 Å². The maximum Gasteiger partial charge on any atom is 0.191 e. The normalized spacial score (nSPS) is 18.0. The molecule has 7 heteroatoms. The predicted molar refractivity (Wildman–Crippen MR) is 127 cm³/mol. The summed E-state index contributed by atoms with van der Waals surface area (Å²) in [6.45, 7) is 4.69. The highest BCUT2D eigenvalue weighted by Crippen LogP contribution is 2.20. The van der Waals surface area contributed by atoms with E-state index in [0.717, 1.165) is 51.0 Å². The number of anilines is 1. The van der Waals surface area contributed by atoms with E-state index >= 15 is 0 Å². The highest BCUT2D eigenvalue weighted by molar-refractivity contribution is 14.0. The third kappa shape index (κ3) is 7.73. The fourth-order valence-corrected chi connectivity index (χ4v) is 3.82. The lowest BCUT2D eigenvalue weighted by atomic mass is 9.98. The quantitative estimate of drug-likeness (QED) is 0.246. The van der Waals surface area contributed by atoms with E-state index in [1.165, 1.54) is 50.5 Å². The first-order chi connectivity index (χ1) is 13.3. The third-order valence-electron chi connectivity index (χ3n) is 5.44. The van der Waals surface area contributed by atoms with Crippen LogP contribution < -0.4 is 15.5 Å². The van der Waals surface area contributed by atoms with Crippen LogP contribution in [-0.4, -0.2) is 50.3 Å². The summed E-state index contributed by atoms with van der Waals surface area (Å²) < 4.78 is 5.97. The Bertz CT molecular complexity index is 569. The van der Waals surface area contributed by atoms with Gasteiger partial charge < -0.3 is 20.3 Å². The number of aromatic nitrogens is 1. The van der Waals surface area contributed by atoms with Crippen LogP contribution in [0.2, 0.25) is 0 Å². The van der Waals surface area contributed by atoms with Crippen LogP contribution >= 0.6 is 24.0 Å². The molecule has 1 aliphatic heterocycles. The molecule has 2 N–H and O–H groups in total. The molecular formula is C21H36IN5O. The molecule has 0 unspecified atom stereocenters. The number of rotatable bonds is 8. The van der Waals surface area contributed by atoms with Crippen LogP contribution in [0.1, 0.15) is 56.9 Å². The van der Waals surface area contributed by atoms with Crippen molar-refractivity contribution < 1.29 is 4.74 Å². The summed E-state index contributed by atoms with van der Waals surface area (Å²) in [6.07, 6.45) is 12.5. The zero-order valence-corrected chi connectivity index (χ0v) is 19.5. The van der Waals surface area contributed by atoms with Gasteiger partial charge >= 0.3 is 0 Å². The molecule has 1 aromatic rings. The Balaban J connectivity index is 0.00000280. The number of halogens is 1. The minimum Gasteiger partial charge on any atom is -0.378 e. The molecule has 0 aromatic carbocycles. The number of nitrogens with zero attached hydrogens (tertiary/aromatic N) is 3. The Morgan fingerprint density at radius 3 is 2.61 bits per heavy atom. The van der Waals surface area contributed by atoms with Crippen LogP contribution in [0.15, 0.2) is 23.3 Å². The SMILES string of the molecule is CN=C(NCCCOC1CCCCC1)NCc1ccc(N2CCCC2)nc1.I. The van der Waals surface area contributed by atoms with Gasteiger partial charge in [0.05, 0.1) is 6.10 Å². The average molecular weight is 501 g/mol. The lowest BCUT2D eigenvalue weighted by Crippen LogP contribution is -2.37. The maximum atomic E-state index is 5.97. The van der Waals surface area contributed by atoms with Gasteiger partial charge in [0.1, 0.15) is 5.82 Å². The first-order valence-electron chi connectivity index (χ1n) is 10.6. The Morgan fingerprint density at radius 1 is 1.14 bits per heavy atom. The van der Waals surface area contributed by atoms with Gasteiger partial charge in [-0.2, -0.15) is 0 Å². The van der Waals surface area contributed by atoms with Gasteiger partial charge in [-0.3, -0.25) is 4.99 Å². The molecule has 1 saturated heterocycles. The van der Waals surface area contributed by atoms with Gasteiger partial charge in [-0.25, -0.2) is 4.98 Å². The van der Waals surface area contributed by atoms with Gasteiger partial charge in [0.2, 0.25) is 0 Å². The Kier molecular flexibility index (Phi) is 10.9. The molecule has 2 aliphatic rings. The Hall–Kier alpha value is -1.09. The minimum atomic E-state index is 0. The fraction of sp³-hybridized carbons (Fsp3) is 0.714. The van der Waals surface area contributed by atoms with Crippen molar-refractivity contribution in [3.05, 3.63) is 23.9 Å². The lowest BCUT2D eigenvalue weighted by Gasteiger charge is -2.22. The third-order valence-corrected chi connectivity index (χ3v) is 5.44. The molecule has 158 valence electrons. The molecule has 3 rings (SSSR count). The van der Waals surface area contributed by atoms with Gasteiger partial charge in [-0.1, -0.05) is 25.3 Å². The Labute approximate surface area is 186 Å². The lowest BCUT2D eigenvalue weighted by molar-refractivity contribution is 0.0277. The summed E-state index contributed by atoms with van der Waals surface area (Å²) in [7, 11) is 1.81. The van der Waals surface area contributed by atoms with Crippen molar-refractivity contribution in [2.75, 3.05) is 38.2 Å². The average Bonchev–Trinajstić information content (AvgIpc) is 3.26. The highest BCUT2D eigenvalue weighted by Gasteiger charge is 2.14. The zero-order valence-electron chi connectivity index (χ0n) is 17.2. The molecule has 1 aromatic heterocycles. The highest BCUT2D eigenvalue weighted by atomic mass is 127. The van der Waals surface area contributed by atoms with Crippen LogP contribution in [0, 0.1) is 0 Å². The maximum absolute atomic E-state index is 5.97. The van der Waals surface area contributed by atoms with E-state index in [2.05, 4.69) is 37.6 Å². The molecule has 0 radical (unpaired) electrons. The zero-order chi connectivity index (χ0) is 18.7. The molecule has 0 atom stereocenters. The van der Waals surface area contributed by atoms with Gasteiger partial charge in [-0.15, -0.1) is 24.0 Å². The first-order valence-corrected chi connectivity index (χ1v) is 10.6. The first kappa shape index (κ1) is 23.2. The molecule has 2 fully saturated rings. The summed E-state index contributed by atoms with van der Waals surface area (Å²) in [5.74, 6) is 1.92. The molecule has 0 amide bonds. The van der Waals surface area contributed by atoms with E-state index < -0.39 is 0 Å². The summed E-state index contributed by atoms with van der Waals surface area (Å²) in [4.78, 5) is 11.3. The van der Waals surface area contributed by atoms with Crippen LogP contribution in [0.25, 0.3) is 0 Å². The topological polar surface area (TPSA) is 61.8 Å². The molecule has 2 heterocycles. The van der Waals surface area contributed by atoms with E-state index in [4.69, 9.17) is 4.74 Å². The minimum absolute atomic E-state index is 0. The van der Waals surface area contributed by atoms with Crippen LogP contribution in [0.3, 0.4) is 0 Å². The Morgan fingerprint density at radius 2 is 1.93 bits per heavy atom. The number of ether oxygens (including phenoxy) is 1. The molecule has 28 heavy (non-hydrogen) atoms. The van der Waals surface area contributed by atoms with E-state index in [-0.39, 0.29) is 24.0 Å². The standard InChI is InChI=1S/C21H35N5O.HI/c1-22-21(23-12-7-15-27-19-8-3-2-4-9-19)25-17-18-10-11-20(24-16-18)26-13-5-6-14-26;/h10-11,16,19H,2-9,12-15,17H2,1H3,(H2,22,23,25);1H. The second kappa shape index (κ2) is 13.2. The number of hydrogen-bond acceptors (Lipinski definition) is 4. The van der Waals surface area contributed by atoms with E-state index in [9.17, 15) is 0 Å². The predicted octanol–water partition coefficient (Wildman–Crippen LogP) is 3.70. The van der Waals surface area contributed by atoms with Crippen molar-refractivity contribution in [1.29, 1.82) is 0 Å². The van der Waals surface area contributed by atoms with Crippen molar-refractivity contribution >= 4 is 35.8 Å². The summed E-state index contributed by atoms with van der Waals surface area (Å²) in [5, 5.41) is 6.72. The van der Waals surface area contributed by atoms with Crippen molar-refractivity contribution in [2.45, 2.75) is 64.0 Å². The fourth-order valence-electron chi connectivity index (χ4n) is 3.82. The van der Waals surface area contributed by atoms with Crippen molar-refractivity contribution in [1.82, 2.24) is 15.6 Å². The van der Waals surface area contributed by atoms with Crippen molar-refractivity contribution in [3.63, 3.8) is 0 Å². The monoisotopic (exact) mass is 501 g/mol. The molecule has 0 bridgehead atoms. The van der Waals surface area contributed by atoms with Crippen LogP contribution in [0.4, 0.5) is 5.82 Å². The van der Waals surface area contributed by atoms with E-state index in [1.54, 1.807) is 0 Å². The molecule has 1 saturated carbocycles. The number of nitrogens with one attached hydrogen (secondary N) is 2. The van der Waals surface area contributed by atoms with Crippen LogP contribution in [-0.2, 0) is 11.3 Å². The summed E-state index contributed by atoms with van der Waals surface area (Å²) in [5.41, 5.74) is 1.17.